The first kappa shape index (κ1) is 17.1. The van der Waals surface area contributed by atoms with Gasteiger partial charge in [-0.3, -0.25) is 14.4 Å². The zero-order valence-electron chi connectivity index (χ0n) is 11.9. The number of carboxylic acids is 1. The monoisotopic (exact) mass is 314 g/mol. The number of methoxy groups -OCH3 is 1. The van der Waals surface area contributed by atoms with Crippen LogP contribution in [0.3, 0.4) is 0 Å². The summed E-state index contributed by atoms with van der Waals surface area (Å²) in [5.74, 6) is -1.93. The van der Waals surface area contributed by atoms with Crippen LogP contribution in [0.5, 0.6) is 0 Å². The molecule has 0 aliphatic rings. The molecule has 1 aromatic rings. The molecule has 21 heavy (non-hydrogen) atoms. The Bertz CT molecular complexity index is 489. The van der Waals surface area contributed by atoms with E-state index in [1.54, 1.807) is 17.5 Å². The Morgan fingerprint density at radius 3 is 2.71 bits per heavy atom. The summed E-state index contributed by atoms with van der Waals surface area (Å²) in [6.07, 6.45) is 0. The van der Waals surface area contributed by atoms with E-state index in [0.29, 0.717) is 4.88 Å². The summed E-state index contributed by atoms with van der Waals surface area (Å²) in [5, 5.41) is 13.1. The van der Waals surface area contributed by atoms with E-state index in [1.165, 1.54) is 25.4 Å². The Hall–Kier alpha value is -1.93. The molecule has 1 atom stereocenters. The third-order valence-electron chi connectivity index (χ3n) is 2.67. The number of ether oxygens (including phenoxy) is 1. The first-order valence-electron chi connectivity index (χ1n) is 6.29. The van der Waals surface area contributed by atoms with Crippen molar-refractivity contribution in [1.82, 2.24) is 10.2 Å². The minimum atomic E-state index is -1.11. The number of rotatable bonds is 8. The van der Waals surface area contributed by atoms with Crippen molar-refractivity contribution in [3.63, 3.8) is 0 Å². The molecule has 0 aliphatic carbocycles. The second-order valence-electron chi connectivity index (χ2n) is 4.32. The van der Waals surface area contributed by atoms with E-state index in [0.717, 1.165) is 4.90 Å². The van der Waals surface area contributed by atoms with Crippen LogP contribution in [0.15, 0.2) is 17.5 Å². The lowest BCUT2D eigenvalue weighted by Crippen LogP contribution is -2.49. The molecule has 0 aliphatic heterocycles. The number of nitrogens with one attached hydrogen (secondary N) is 1. The summed E-state index contributed by atoms with van der Waals surface area (Å²) in [6, 6.07) is 2.58. The normalized spacial score (nSPS) is 11.7. The molecule has 0 fully saturated rings. The molecule has 0 aromatic carbocycles. The van der Waals surface area contributed by atoms with E-state index in [9.17, 15) is 14.4 Å². The maximum Gasteiger partial charge on any atom is 0.323 e. The van der Waals surface area contributed by atoms with Gasteiger partial charge in [0, 0.05) is 13.7 Å². The van der Waals surface area contributed by atoms with Gasteiger partial charge in [-0.15, -0.1) is 11.3 Å². The number of carboxylic acid groups (broad SMARTS) is 1. The van der Waals surface area contributed by atoms with Gasteiger partial charge in [0.2, 0.25) is 5.91 Å². The Morgan fingerprint density at radius 2 is 2.19 bits per heavy atom. The second-order valence-corrected chi connectivity index (χ2v) is 5.27. The van der Waals surface area contributed by atoms with E-state index in [-0.39, 0.29) is 19.1 Å². The van der Waals surface area contributed by atoms with Crippen molar-refractivity contribution in [3.05, 3.63) is 22.4 Å². The van der Waals surface area contributed by atoms with Gasteiger partial charge in [-0.2, -0.15) is 0 Å². The summed E-state index contributed by atoms with van der Waals surface area (Å²) >= 11 is 1.27. The molecule has 2 N–H and O–H groups in total. The van der Waals surface area contributed by atoms with Crippen LogP contribution in [0.2, 0.25) is 0 Å². The first-order chi connectivity index (χ1) is 9.95. The van der Waals surface area contributed by atoms with Crippen molar-refractivity contribution >= 4 is 29.1 Å². The topological polar surface area (TPSA) is 95.9 Å². The number of hydrogen-bond acceptors (Lipinski definition) is 5. The fourth-order valence-corrected chi connectivity index (χ4v) is 2.27. The molecule has 116 valence electrons. The molecule has 8 heteroatoms. The molecule has 7 nitrogen and oxygen atoms in total. The third kappa shape index (κ3) is 5.52. The van der Waals surface area contributed by atoms with Crippen LogP contribution >= 0.6 is 11.3 Å². The van der Waals surface area contributed by atoms with Crippen molar-refractivity contribution in [2.45, 2.75) is 13.0 Å². The summed E-state index contributed by atoms with van der Waals surface area (Å²) in [4.78, 5) is 36.5. The number of amides is 2. The van der Waals surface area contributed by atoms with Crippen molar-refractivity contribution < 1.29 is 24.2 Å². The molecule has 1 unspecified atom stereocenters. The lowest BCUT2D eigenvalue weighted by atomic mass is 10.2. The molecule has 0 saturated carbocycles. The van der Waals surface area contributed by atoms with Crippen LogP contribution in [0.4, 0.5) is 0 Å². The summed E-state index contributed by atoms with van der Waals surface area (Å²) in [6.45, 7) is 1.47. The standard InChI is InChI=1S/C13H18N2O5S/c1-9(14-12(18)10-4-3-7-21-10)13(19)15(5-6-20-2)8-11(16)17/h3-4,7,9H,5-6,8H2,1-2H3,(H,14,18)(H,16,17). The largest absolute Gasteiger partial charge is 0.480 e. The van der Waals surface area contributed by atoms with Crippen LogP contribution in [0, 0.1) is 0 Å². The number of aliphatic carboxylic acids is 1. The number of hydrogen-bond donors (Lipinski definition) is 2. The van der Waals surface area contributed by atoms with E-state index in [2.05, 4.69) is 5.32 Å². The highest BCUT2D eigenvalue weighted by Crippen LogP contribution is 2.08. The second kappa shape index (κ2) is 8.38. The molecule has 0 bridgehead atoms. The van der Waals surface area contributed by atoms with Gasteiger partial charge < -0.3 is 20.1 Å². The zero-order valence-corrected chi connectivity index (χ0v) is 12.7. The molecule has 0 spiro atoms. The van der Waals surface area contributed by atoms with Crippen LogP contribution in [0.25, 0.3) is 0 Å². The summed E-state index contributed by atoms with van der Waals surface area (Å²) in [5.41, 5.74) is 0. The first-order valence-corrected chi connectivity index (χ1v) is 7.17. The van der Waals surface area contributed by atoms with Gasteiger partial charge in [-0.1, -0.05) is 6.07 Å². The Kier molecular flexibility index (Phi) is 6.83. The molecule has 2 amide bonds. The number of carbonyl (C=O) groups excluding carboxylic acids is 2. The summed E-state index contributed by atoms with van der Waals surface area (Å²) < 4.78 is 4.85. The number of nitrogens with zero attached hydrogens (tertiary/aromatic N) is 1. The molecular formula is C13H18N2O5S. The van der Waals surface area contributed by atoms with Gasteiger partial charge in [0.15, 0.2) is 0 Å². The van der Waals surface area contributed by atoms with Crippen molar-refractivity contribution in [2.75, 3.05) is 26.8 Å². The van der Waals surface area contributed by atoms with Crippen LogP contribution in [0.1, 0.15) is 16.6 Å². The van der Waals surface area contributed by atoms with E-state index in [1.807, 2.05) is 0 Å². The zero-order chi connectivity index (χ0) is 15.8. The highest BCUT2D eigenvalue weighted by molar-refractivity contribution is 7.12. The smallest absolute Gasteiger partial charge is 0.323 e. The van der Waals surface area contributed by atoms with Gasteiger partial charge in [0.25, 0.3) is 5.91 Å². The highest BCUT2D eigenvalue weighted by atomic mass is 32.1. The van der Waals surface area contributed by atoms with E-state index < -0.39 is 24.5 Å². The quantitative estimate of drug-likeness (QED) is 0.725. The lowest BCUT2D eigenvalue weighted by molar-refractivity contribution is -0.145. The number of thiophene rings is 1. The average Bonchev–Trinajstić information content (AvgIpc) is 2.96. The fraction of sp³-hybridized carbons (Fsp3) is 0.462. The van der Waals surface area contributed by atoms with Crippen molar-refractivity contribution in [3.8, 4) is 0 Å². The predicted molar refractivity (Wildman–Crippen MR) is 77.3 cm³/mol. The average molecular weight is 314 g/mol. The minimum absolute atomic E-state index is 0.154. The summed E-state index contributed by atoms with van der Waals surface area (Å²) in [7, 11) is 1.46. The highest BCUT2D eigenvalue weighted by Gasteiger charge is 2.24. The maximum atomic E-state index is 12.2. The Morgan fingerprint density at radius 1 is 1.48 bits per heavy atom. The van der Waals surface area contributed by atoms with Gasteiger partial charge in [0.1, 0.15) is 12.6 Å². The Balaban J connectivity index is 2.64. The van der Waals surface area contributed by atoms with Crippen molar-refractivity contribution in [1.29, 1.82) is 0 Å². The van der Waals surface area contributed by atoms with Crippen LogP contribution in [-0.2, 0) is 14.3 Å². The van der Waals surface area contributed by atoms with Gasteiger partial charge in [0.05, 0.1) is 11.5 Å². The van der Waals surface area contributed by atoms with Crippen molar-refractivity contribution in [2.24, 2.45) is 0 Å². The molecule has 0 radical (unpaired) electrons. The SMILES string of the molecule is COCCN(CC(=O)O)C(=O)C(C)NC(=O)c1cccs1. The number of carbonyl (C=O) groups is 3. The van der Waals surface area contributed by atoms with Gasteiger partial charge in [-0.05, 0) is 18.4 Å². The third-order valence-corrected chi connectivity index (χ3v) is 3.53. The van der Waals surface area contributed by atoms with E-state index in [4.69, 9.17) is 9.84 Å². The predicted octanol–water partition coefficient (Wildman–Crippen LogP) is 0.426. The minimum Gasteiger partial charge on any atom is -0.480 e. The molecule has 0 saturated heterocycles. The molecular weight excluding hydrogens is 296 g/mol. The van der Waals surface area contributed by atoms with Crippen LogP contribution < -0.4 is 5.32 Å². The maximum absolute atomic E-state index is 12.2. The lowest BCUT2D eigenvalue weighted by Gasteiger charge is -2.24. The Labute approximate surface area is 126 Å². The van der Waals surface area contributed by atoms with E-state index >= 15 is 0 Å². The van der Waals surface area contributed by atoms with Gasteiger partial charge >= 0.3 is 5.97 Å². The fourth-order valence-electron chi connectivity index (χ4n) is 1.64. The molecule has 1 heterocycles. The van der Waals surface area contributed by atoms with Crippen LogP contribution in [-0.4, -0.2) is 60.6 Å². The molecule has 1 aromatic heterocycles. The molecule has 1 rings (SSSR count). The van der Waals surface area contributed by atoms with Gasteiger partial charge in [-0.25, -0.2) is 0 Å².